The molecule has 0 aliphatic carbocycles. The van der Waals surface area contributed by atoms with Crippen molar-refractivity contribution in [3.63, 3.8) is 0 Å². The average Bonchev–Trinajstić information content (AvgIpc) is 3.09. The van der Waals surface area contributed by atoms with E-state index in [1.54, 1.807) is 30.6 Å². The monoisotopic (exact) mass is 431 g/mol. The second-order valence-electron chi connectivity index (χ2n) is 6.54. The minimum Gasteiger partial charge on any atom is -0.338 e. The van der Waals surface area contributed by atoms with Crippen LogP contribution in [0.15, 0.2) is 48.9 Å². The van der Waals surface area contributed by atoms with Crippen LogP contribution < -0.4 is 5.32 Å². The second-order valence-corrected chi connectivity index (χ2v) is 6.94. The van der Waals surface area contributed by atoms with Gasteiger partial charge in [-0.25, -0.2) is 14.4 Å². The van der Waals surface area contributed by atoms with E-state index in [-0.39, 0.29) is 5.82 Å². The molecule has 1 aliphatic rings. The summed E-state index contributed by atoms with van der Waals surface area (Å²) in [6.07, 6.45) is -0.132. The van der Waals surface area contributed by atoms with E-state index >= 15 is 0 Å². The zero-order valence-corrected chi connectivity index (χ0v) is 15.6. The maximum atomic E-state index is 14.8. The van der Waals surface area contributed by atoms with E-state index in [0.29, 0.717) is 34.0 Å². The number of nitrogens with one attached hydrogen (secondary N) is 2. The Morgan fingerprint density at radius 1 is 1.00 bits per heavy atom. The van der Waals surface area contributed by atoms with E-state index in [1.165, 1.54) is 6.20 Å². The minimum absolute atomic E-state index is 0.285. The number of anilines is 2. The van der Waals surface area contributed by atoms with Gasteiger partial charge in [-0.2, -0.15) is 13.2 Å². The highest BCUT2D eigenvalue weighted by Gasteiger charge is 2.37. The van der Waals surface area contributed by atoms with E-state index < -0.39 is 28.1 Å². The number of alkyl halides is 3. The molecular formula is C20H10ClF4N5. The molecule has 0 spiro atoms. The number of fused-ring (bicyclic) bond motifs is 5. The molecule has 0 unspecified atom stereocenters. The standard InChI is InChI=1S/C20H10ClF4N5/c21-12-4-3-11(20(23,24)25)14(15(12)22)19-29-16-9-5-7-26-8-13(9)28-18-10(17(16)30-19)2-1-6-27-18/h1-8H,(H,27,28)(H,29,30). The lowest BCUT2D eigenvalue weighted by Crippen LogP contribution is -2.09. The van der Waals surface area contributed by atoms with Gasteiger partial charge < -0.3 is 10.3 Å². The van der Waals surface area contributed by atoms with Crippen molar-refractivity contribution >= 4 is 23.1 Å². The number of hydrogen-bond acceptors (Lipinski definition) is 4. The predicted octanol–water partition coefficient (Wildman–Crippen LogP) is 6.07. The molecular weight excluding hydrogens is 422 g/mol. The molecule has 0 fully saturated rings. The van der Waals surface area contributed by atoms with Gasteiger partial charge in [-0.15, -0.1) is 0 Å². The first-order valence-electron chi connectivity index (χ1n) is 8.67. The van der Waals surface area contributed by atoms with Gasteiger partial charge in [-0.1, -0.05) is 11.6 Å². The van der Waals surface area contributed by atoms with Crippen molar-refractivity contribution in [2.24, 2.45) is 0 Å². The van der Waals surface area contributed by atoms with Crippen LogP contribution in [0.5, 0.6) is 0 Å². The number of hydrogen-bond donors (Lipinski definition) is 2. The Morgan fingerprint density at radius 2 is 1.83 bits per heavy atom. The summed E-state index contributed by atoms with van der Waals surface area (Å²) in [5.41, 5.74) is 0.557. The van der Waals surface area contributed by atoms with Crippen LogP contribution >= 0.6 is 11.6 Å². The topological polar surface area (TPSA) is 66.5 Å². The van der Waals surface area contributed by atoms with Gasteiger partial charge in [-0.3, -0.25) is 4.98 Å². The van der Waals surface area contributed by atoms with Crippen LogP contribution in [0.25, 0.3) is 33.9 Å². The summed E-state index contributed by atoms with van der Waals surface area (Å²) in [4.78, 5) is 15.6. The summed E-state index contributed by atoms with van der Waals surface area (Å²) in [6, 6.07) is 6.68. The van der Waals surface area contributed by atoms with Crippen LogP contribution in [-0.4, -0.2) is 19.9 Å². The molecule has 0 saturated heterocycles. The van der Waals surface area contributed by atoms with Gasteiger partial charge in [0, 0.05) is 23.5 Å². The third kappa shape index (κ3) is 2.81. The van der Waals surface area contributed by atoms with Crippen LogP contribution in [0.1, 0.15) is 5.56 Å². The van der Waals surface area contributed by atoms with Crippen LogP contribution in [0.2, 0.25) is 5.02 Å². The van der Waals surface area contributed by atoms with Crippen molar-refractivity contribution in [2.45, 2.75) is 6.18 Å². The highest BCUT2D eigenvalue weighted by molar-refractivity contribution is 6.31. The van der Waals surface area contributed by atoms with E-state index in [9.17, 15) is 17.6 Å². The zero-order chi connectivity index (χ0) is 21.0. The van der Waals surface area contributed by atoms with Crippen LogP contribution in [0.3, 0.4) is 0 Å². The van der Waals surface area contributed by atoms with Crippen molar-refractivity contribution in [1.29, 1.82) is 0 Å². The molecule has 0 amide bonds. The lowest BCUT2D eigenvalue weighted by molar-refractivity contribution is -0.137. The summed E-state index contributed by atoms with van der Waals surface area (Å²) in [6.45, 7) is 0. The Bertz CT molecular complexity index is 1240. The van der Waals surface area contributed by atoms with Gasteiger partial charge in [0.1, 0.15) is 17.3 Å². The fourth-order valence-electron chi connectivity index (χ4n) is 3.44. The normalized spacial score (nSPS) is 12.4. The molecule has 1 aliphatic heterocycles. The van der Waals surface area contributed by atoms with Crippen molar-refractivity contribution in [2.75, 3.05) is 5.32 Å². The lowest BCUT2D eigenvalue weighted by Gasteiger charge is -2.13. The average molecular weight is 432 g/mol. The molecule has 5 rings (SSSR count). The Kier molecular flexibility index (Phi) is 4.04. The number of imidazole rings is 1. The van der Waals surface area contributed by atoms with Gasteiger partial charge in [-0.05, 0) is 30.3 Å². The van der Waals surface area contributed by atoms with Crippen LogP contribution in [0, 0.1) is 5.82 Å². The number of H-pyrrole nitrogens is 1. The number of aromatic nitrogens is 4. The first-order valence-corrected chi connectivity index (χ1v) is 9.05. The Balaban J connectivity index is 1.84. The number of pyridine rings is 2. The fraction of sp³-hybridized carbons (Fsp3) is 0.0500. The van der Waals surface area contributed by atoms with Gasteiger partial charge in [0.2, 0.25) is 0 Å². The first-order chi connectivity index (χ1) is 14.3. The quantitative estimate of drug-likeness (QED) is 0.316. The predicted molar refractivity (Wildman–Crippen MR) is 104 cm³/mol. The van der Waals surface area contributed by atoms with E-state index in [0.717, 1.165) is 12.1 Å². The maximum Gasteiger partial charge on any atom is 0.417 e. The van der Waals surface area contributed by atoms with Crippen LogP contribution in [0.4, 0.5) is 29.1 Å². The Labute approximate surface area is 171 Å². The number of rotatable bonds is 1. The van der Waals surface area contributed by atoms with Crippen molar-refractivity contribution in [3.05, 3.63) is 65.3 Å². The van der Waals surface area contributed by atoms with E-state index in [4.69, 9.17) is 11.6 Å². The minimum atomic E-state index is -4.80. The highest BCUT2D eigenvalue weighted by Crippen LogP contribution is 2.45. The largest absolute Gasteiger partial charge is 0.417 e. The van der Waals surface area contributed by atoms with Gasteiger partial charge in [0.15, 0.2) is 5.82 Å². The number of benzene rings is 1. The second kappa shape index (κ2) is 6.53. The third-order valence-corrected chi connectivity index (χ3v) is 5.04. The number of aromatic amines is 1. The molecule has 4 aromatic rings. The van der Waals surface area contributed by atoms with E-state index in [1.807, 2.05) is 0 Å². The molecule has 30 heavy (non-hydrogen) atoms. The molecule has 10 heteroatoms. The summed E-state index contributed by atoms with van der Waals surface area (Å²) >= 11 is 5.79. The van der Waals surface area contributed by atoms with Gasteiger partial charge >= 0.3 is 6.18 Å². The highest BCUT2D eigenvalue weighted by atomic mass is 35.5. The molecule has 0 saturated carbocycles. The molecule has 5 nitrogen and oxygen atoms in total. The van der Waals surface area contributed by atoms with Crippen molar-refractivity contribution in [3.8, 4) is 33.9 Å². The number of nitrogens with zero attached hydrogens (tertiary/aromatic N) is 3. The lowest BCUT2D eigenvalue weighted by atomic mass is 10.1. The maximum absolute atomic E-state index is 14.8. The smallest absolute Gasteiger partial charge is 0.338 e. The van der Waals surface area contributed by atoms with Crippen LogP contribution in [-0.2, 0) is 6.18 Å². The summed E-state index contributed by atoms with van der Waals surface area (Å²) in [5.74, 6) is -1.03. The Morgan fingerprint density at radius 3 is 2.63 bits per heavy atom. The molecule has 0 radical (unpaired) electrons. The Hall–Kier alpha value is -3.46. The summed E-state index contributed by atoms with van der Waals surface area (Å²) < 4.78 is 55.6. The summed E-state index contributed by atoms with van der Waals surface area (Å²) in [7, 11) is 0. The molecule has 0 bridgehead atoms. The third-order valence-electron chi connectivity index (χ3n) is 4.75. The summed E-state index contributed by atoms with van der Waals surface area (Å²) in [5, 5.41) is 2.71. The molecule has 4 heterocycles. The zero-order valence-electron chi connectivity index (χ0n) is 14.9. The number of halogens is 5. The van der Waals surface area contributed by atoms with Crippen molar-refractivity contribution in [1.82, 2.24) is 19.9 Å². The molecule has 3 aromatic heterocycles. The van der Waals surface area contributed by atoms with Gasteiger partial charge in [0.05, 0.1) is 33.7 Å². The molecule has 150 valence electrons. The van der Waals surface area contributed by atoms with Gasteiger partial charge in [0.25, 0.3) is 0 Å². The molecule has 2 N–H and O–H groups in total. The molecule has 0 atom stereocenters. The SMILES string of the molecule is Fc1c(Cl)ccc(C(F)(F)F)c1-c1nc2c([nH]1)-c1ccncc1Nc1ncccc1-2. The fourth-order valence-corrected chi connectivity index (χ4v) is 3.59. The van der Waals surface area contributed by atoms with Crippen molar-refractivity contribution < 1.29 is 17.6 Å². The first kappa shape index (κ1) is 18.6. The van der Waals surface area contributed by atoms with E-state index in [2.05, 4.69) is 25.3 Å². The molecule has 1 aromatic carbocycles.